The average molecular weight is 246 g/mol. The molecule has 0 unspecified atom stereocenters. The third-order valence-corrected chi connectivity index (χ3v) is 4.20. The van der Waals surface area contributed by atoms with Gasteiger partial charge in [-0.05, 0) is 24.3 Å². The molecule has 1 N–H and O–H groups in total. The first-order valence-corrected chi connectivity index (χ1v) is 7.59. The number of aliphatic hydroxyl groups excluding tert-OH is 1. The molecular weight excluding hydrogens is 232 g/mol. The van der Waals surface area contributed by atoms with E-state index in [0.29, 0.717) is 11.3 Å². The van der Waals surface area contributed by atoms with Gasteiger partial charge in [-0.3, -0.25) is 0 Å². The van der Waals surface area contributed by atoms with Crippen LogP contribution < -0.4 is 0 Å². The monoisotopic (exact) mass is 246 g/mol. The summed E-state index contributed by atoms with van der Waals surface area (Å²) in [4.78, 5) is 1.09. The van der Waals surface area contributed by atoms with Gasteiger partial charge in [0.15, 0.2) is 9.84 Å². The highest BCUT2D eigenvalue weighted by Gasteiger charge is 2.15. The van der Waals surface area contributed by atoms with E-state index in [1.54, 1.807) is 12.1 Å². The molecule has 0 bridgehead atoms. The predicted octanol–water partition coefficient (Wildman–Crippen LogP) is 1.35. The maximum atomic E-state index is 11.5. The number of sulfone groups is 1. The second-order valence-electron chi connectivity index (χ2n) is 3.19. The molecule has 1 rings (SSSR count). The first-order chi connectivity index (χ1) is 7.00. The first kappa shape index (κ1) is 12.5. The van der Waals surface area contributed by atoms with Crippen LogP contribution in [0.2, 0.25) is 0 Å². The SMILES string of the molecule is CSc1c(CCO)cccc1S(C)(=O)=O. The molecule has 0 aliphatic carbocycles. The molecule has 15 heavy (non-hydrogen) atoms. The zero-order valence-electron chi connectivity index (χ0n) is 8.73. The normalized spacial score (nSPS) is 11.7. The van der Waals surface area contributed by atoms with Crippen LogP contribution in [0.4, 0.5) is 0 Å². The third kappa shape index (κ3) is 2.96. The van der Waals surface area contributed by atoms with Crippen molar-refractivity contribution in [1.29, 1.82) is 0 Å². The third-order valence-electron chi connectivity index (χ3n) is 2.05. The van der Waals surface area contributed by atoms with Crippen molar-refractivity contribution in [2.75, 3.05) is 19.1 Å². The molecule has 0 aromatic heterocycles. The van der Waals surface area contributed by atoms with Crippen LogP contribution in [0.3, 0.4) is 0 Å². The molecule has 3 nitrogen and oxygen atoms in total. The van der Waals surface area contributed by atoms with Crippen molar-refractivity contribution in [3.63, 3.8) is 0 Å². The van der Waals surface area contributed by atoms with Gasteiger partial charge in [0.05, 0.1) is 4.90 Å². The van der Waals surface area contributed by atoms with Crippen molar-refractivity contribution < 1.29 is 13.5 Å². The van der Waals surface area contributed by atoms with E-state index in [4.69, 9.17) is 5.11 Å². The lowest BCUT2D eigenvalue weighted by molar-refractivity contribution is 0.298. The first-order valence-electron chi connectivity index (χ1n) is 4.47. The van der Waals surface area contributed by atoms with Crippen molar-refractivity contribution >= 4 is 21.6 Å². The van der Waals surface area contributed by atoms with Crippen LogP contribution in [-0.2, 0) is 16.3 Å². The van der Waals surface area contributed by atoms with Crippen molar-refractivity contribution in [2.24, 2.45) is 0 Å². The van der Waals surface area contributed by atoms with Gasteiger partial charge in [-0.1, -0.05) is 12.1 Å². The highest BCUT2D eigenvalue weighted by molar-refractivity contribution is 7.99. The molecule has 0 aliphatic heterocycles. The average Bonchev–Trinajstić information content (AvgIpc) is 2.16. The summed E-state index contributed by atoms with van der Waals surface area (Å²) in [6, 6.07) is 5.15. The number of benzene rings is 1. The molecule has 0 fully saturated rings. The number of hydrogen-bond donors (Lipinski definition) is 1. The largest absolute Gasteiger partial charge is 0.396 e. The Kier molecular flexibility index (Phi) is 4.19. The number of aliphatic hydroxyl groups is 1. The Morgan fingerprint density at radius 3 is 2.53 bits per heavy atom. The fraction of sp³-hybridized carbons (Fsp3) is 0.400. The summed E-state index contributed by atoms with van der Waals surface area (Å²) >= 11 is 1.40. The Morgan fingerprint density at radius 2 is 2.07 bits per heavy atom. The molecule has 0 saturated heterocycles. The molecule has 84 valence electrons. The molecule has 0 heterocycles. The Bertz CT molecular complexity index is 438. The van der Waals surface area contributed by atoms with Crippen LogP contribution in [0.15, 0.2) is 28.0 Å². The minimum Gasteiger partial charge on any atom is -0.396 e. The van der Waals surface area contributed by atoms with Gasteiger partial charge in [-0.25, -0.2) is 8.42 Å². The number of thioether (sulfide) groups is 1. The maximum absolute atomic E-state index is 11.5. The van der Waals surface area contributed by atoms with Gasteiger partial charge in [0.1, 0.15) is 0 Å². The lowest BCUT2D eigenvalue weighted by Crippen LogP contribution is -2.03. The van der Waals surface area contributed by atoms with E-state index in [1.165, 1.54) is 18.0 Å². The summed E-state index contributed by atoms with van der Waals surface area (Å²) < 4.78 is 23.0. The Morgan fingerprint density at radius 1 is 1.40 bits per heavy atom. The summed E-state index contributed by atoms with van der Waals surface area (Å²) in [5.41, 5.74) is 0.882. The Labute approximate surface area is 94.4 Å². The number of rotatable bonds is 4. The van der Waals surface area contributed by atoms with Crippen LogP contribution in [0, 0.1) is 0 Å². The quantitative estimate of drug-likeness (QED) is 0.815. The summed E-state index contributed by atoms with van der Waals surface area (Å²) in [6.07, 6.45) is 3.52. The van der Waals surface area contributed by atoms with Gasteiger partial charge in [-0.2, -0.15) is 0 Å². The zero-order chi connectivity index (χ0) is 11.5. The topological polar surface area (TPSA) is 54.4 Å². The van der Waals surface area contributed by atoms with Crippen molar-refractivity contribution in [2.45, 2.75) is 16.2 Å². The summed E-state index contributed by atoms with van der Waals surface area (Å²) in [6.45, 7) is 0.0285. The van der Waals surface area contributed by atoms with E-state index in [9.17, 15) is 8.42 Å². The van der Waals surface area contributed by atoms with Gasteiger partial charge in [0.25, 0.3) is 0 Å². The van der Waals surface area contributed by atoms with Crippen LogP contribution >= 0.6 is 11.8 Å². The van der Waals surface area contributed by atoms with Gasteiger partial charge in [0, 0.05) is 17.8 Å². The van der Waals surface area contributed by atoms with E-state index < -0.39 is 9.84 Å². The van der Waals surface area contributed by atoms with Gasteiger partial charge < -0.3 is 5.11 Å². The maximum Gasteiger partial charge on any atom is 0.176 e. The minimum absolute atomic E-state index is 0.0285. The zero-order valence-corrected chi connectivity index (χ0v) is 10.4. The van der Waals surface area contributed by atoms with Crippen molar-refractivity contribution in [3.05, 3.63) is 23.8 Å². The standard InChI is InChI=1S/C10H14O3S2/c1-14-10-8(6-7-11)4-3-5-9(10)15(2,12)13/h3-5,11H,6-7H2,1-2H3. The van der Waals surface area contributed by atoms with Crippen molar-refractivity contribution in [3.8, 4) is 0 Å². The molecular formula is C10H14O3S2. The molecule has 0 aliphatic rings. The fourth-order valence-electron chi connectivity index (χ4n) is 1.40. The van der Waals surface area contributed by atoms with E-state index in [2.05, 4.69) is 0 Å². The van der Waals surface area contributed by atoms with Gasteiger partial charge in [0.2, 0.25) is 0 Å². The molecule has 1 aromatic carbocycles. The highest BCUT2D eigenvalue weighted by Crippen LogP contribution is 2.28. The smallest absolute Gasteiger partial charge is 0.176 e. The van der Waals surface area contributed by atoms with Crippen LogP contribution in [0.5, 0.6) is 0 Å². The van der Waals surface area contributed by atoms with Crippen LogP contribution in [0.25, 0.3) is 0 Å². The molecule has 5 heteroatoms. The number of hydrogen-bond acceptors (Lipinski definition) is 4. The molecule has 0 spiro atoms. The minimum atomic E-state index is -3.19. The van der Waals surface area contributed by atoms with E-state index in [1.807, 2.05) is 12.3 Å². The summed E-state index contributed by atoms with van der Waals surface area (Å²) in [5, 5.41) is 8.87. The Balaban J connectivity index is 3.35. The lowest BCUT2D eigenvalue weighted by atomic mass is 10.2. The van der Waals surface area contributed by atoms with Crippen LogP contribution in [0.1, 0.15) is 5.56 Å². The molecule has 0 amide bonds. The lowest BCUT2D eigenvalue weighted by Gasteiger charge is -2.10. The fourth-order valence-corrected chi connectivity index (χ4v) is 3.60. The van der Waals surface area contributed by atoms with Crippen LogP contribution in [-0.4, -0.2) is 32.6 Å². The molecule has 1 aromatic rings. The second-order valence-corrected chi connectivity index (χ2v) is 5.99. The van der Waals surface area contributed by atoms with Gasteiger partial charge >= 0.3 is 0 Å². The van der Waals surface area contributed by atoms with E-state index in [-0.39, 0.29) is 6.61 Å². The summed E-state index contributed by atoms with van der Waals surface area (Å²) in [5.74, 6) is 0. The molecule has 0 atom stereocenters. The van der Waals surface area contributed by atoms with E-state index in [0.717, 1.165) is 10.5 Å². The second kappa shape index (κ2) is 5.01. The van der Waals surface area contributed by atoms with Crippen molar-refractivity contribution in [1.82, 2.24) is 0 Å². The van der Waals surface area contributed by atoms with Gasteiger partial charge in [-0.15, -0.1) is 11.8 Å². The predicted molar refractivity (Wildman–Crippen MR) is 62.1 cm³/mol. The Hall–Kier alpha value is -0.520. The highest BCUT2D eigenvalue weighted by atomic mass is 32.2. The van der Waals surface area contributed by atoms with E-state index >= 15 is 0 Å². The molecule has 0 radical (unpaired) electrons. The summed E-state index contributed by atoms with van der Waals surface area (Å²) in [7, 11) is -3.19. The molecule has 0 saturated carbocycles.